The molecule has 1 atom stereocenters. The number of rotatable bonds is 9. The molecular weight excluding hydrogens is 508 g/mol. The molecule has 3 aromatic carbocycles. The molecule has 6 rings (SSSR count). The van der Waals surface area contributed by atoms with Gasteiger partial charge in [-0.3, -0.25) is 9.69 Å². The number of hydrogen-bond acceptors (Lipinski definition) is 4. The Labute approximate surface area is 243 Å². The topological polar surface area (TPSA) is 65.0 Å². The summed E-state index contributed by atoms with van der Waals surface area (Å²) < 4.78 is 0. The first-order valence-electron chi connectivity index (χ1n) is 15.4. The standard InChI is InChI=1S/C35H40N4O2/c40-33(31-17-10-24-36-31)19-9-13-26-20-22-29(23-21-26)39-32-18-8-7-16-30(32)34(28-14-5-2-6-15-28)37-38(35(39)41)25-27-11-3-1-4-12-27/h1,3-4,7-8,11-12,16,18,20-23,28,31,36H,2,5-6,9-10,13-15,17,19,24-25H2. The number of carbonyl (C=O) groups is 2. The Morgan fingerprint density at radius 1 is 0.829 bits per heavy atom. The van der Waals surface area contributed by atoms with Gasteiger partial charge in [0.15, 0.2) is 0 Å². The third-order valence-electron chi connectivity index (χ3n) is 8.76. The van der Waals surface area contributed by atoms with Gasteiger partial charge in [0.25, 0.3) is 0 Å². The van der Waals surface area contributed by atoms with Gasteiger partial charge in [0.05, 0.1) is 29.7 Å². The van der Waals surface area contributed by atoms with Crippen molar-refractivity contribution >= 4 is 28.9 Å². The smallest absolute Gasteiger partial charge is 0.307 e. The molecule has 41 heavy (non-hydrogen) atoms. The van der Waals surface area contributed by atoms with E-state index >= 15 is 0 Å². The number of hydrazone groups is 1. The first kappa shape index (κ1) is 27.4. The van der Waals surface area contributed by atoms with Gasteiger partial charge >= 0.3 is 6.03 Å². The quantitative estimate of drug-likeness (QED) is 0.303. The van der Waals surface area contributed by atoms with Crippen LogP contribution in [0, 0.1) is 5.92 Å². The van der Waals surface area contributed by atoms with Crippen molar-refractivity contribution in [3.8, 4) is 0 Å². The summed E-state index contributed by atoms with van der Waals surface area (Å²) in [5.41, 5.74) is 6.03. The minimum absolute atomic E-state index is 0.0473. The van der Waals surface area contributed by atoms with Crippen LogP contribution in [0.4, 0.5) is 16.2 Å². The molecule has 2 amide bonds. The second-order valence-electron chi connectivity index (χ2n) is 11.6. The van der Waals surface area contributed by atoms with Crippen LogP contribution >= 0.6 is 0 Å². The maximum Gasteiger partial charge on any atom is 0.349 e. The second kappa shape index (κ2) is 12.8. The lowest BCUT2D eigenvalue weighted by atomic mass is 9.83. The van der Waals surface area contributed by atoms with E-state index in [9.17, 15) is 9.59 Å². The van der Waals surface area contributed by atoms with E-state index in [1.165, 1.54) is 24.8 Å². The molecule has 6 nitrogen and oxygen atoms in total. The van der Waals surface area contributed by atoms with Crippen molar-refractivity contribution < 1.29 is 9.59 Å². The number of anilines is 2. The number of hydrogen-bond donors (Lipinski definition) is 1. The van der Waals surface area contributed by atoms with Gasteiger partial charge in [0, 0.05) is 17.9 Å². The molecule has 3 aliphatic rings. The number of aryl methyl sites for hydroxylation is 1. The highest BCUT2D eigenvalue weighted by Gasteiger charge is 2.34. The number of carbonyl (C=O) groups excluding carboxylic acids is 2. The van der Waals surface area contributed by atoms with Gasteiger partial charge in [-0.05, 0) is 74.4 Å². The van der Waals surface area contributed by atoms with Crippen molar-refractivity contribution in [1.82, 2.24) is 10.3 Å². The lowest BCUT2D eigenvalue weighted by Crippen LogP contribution is -2.36. The van der Waals surface area contributed by atoms with Gasteiger partial charge in [0.2, 0.25) is 0 Å². The van der Waals surface area contributed by atoms with Crippen LogP contribution in [-0.4, -0.2) is 35.1 Å². The van der Waals surface area contributed by atoms with E-state index < -0.39 is 0 Å². The SMILES string of the molecule is O=C(CCCc1ccc(N2C(=O)N(Cc3ccccc3)N=C(C3CCCCC3)c3ccccc32)cc1)C1CCCN1. The Bertz CT molecular complexity index is 1370. The van der Waals surface area contributed by atoms with E-state index in [1.807, 2.05) is 59.5 Å². The molecule has 2 fully saturated rings. The molecule has 212 valence electrons. The molecule has 1 saturated carbocycles. The molecule has 2 aliphatic heterocycles. The highest BCUT2D eigenvalue weighted by molar-refractivity contribution is 6.13. The average Bonchev–Trinajstić information content (AvgIpc) is 3.53. The largest absolute Gasteiger partial charge is 0.349 e. The molecule has 0 bridgehead atoms. The Hall–Kier alpha value is -3.77. The molecule has 1 unspecified atom stereocenters. The van der Waals surface area contributed by atoms with E-state index in [2.05, 4.69) is 29.6 Å². The molecule has 0 spiro atoms. The number of amides is 2. The van der Waals surface area contributed by atoms with Crippen molar-refractivity contribution in [2.45, 2.75) is 76.8 Å². The number of nitrogens with one attached hydrogen (secondary N) is 1. The Balaban J connectivity index is 1.27. The summed E-state index contributed by atoms with van der Waals surface area (Å²) in [6.07, 6.45) is 10.2. The van der Waals surface area contributed by atoms with Crippen LogP contribution < -0.4 is 10.2 Å². The first-order chi connectivity index (χ1) is 20.2. The van der Waals surface area contributed by atoms with Crippen molar-refractivity contribution in [2.75, 3.05) is 11.4 Å². The van der Waals surface area contributed by atoms with Gasteiger partial charge in [-0.15, -0.1) is 0 Å². The van der Waals surface area contributed by atoms with Crippen molar-refractivity contribution in [2.24, 2.45) is 11.0 Å². The summed E-state index contributed by atoms with van der Waals surface area (Å²) in [6, 6.07) is 26.5. The molecule has 1 saturated heterocycles. The molecule has 2 heterocycles. The van der Waals surface area contributed by atoms with Crippen LogP contribution in [0.5, 0.6) is 0 Å². The summed E-state index contributed by atoms with van der Waals surface area (Å²) in [7, 11) is 0. The van der Waals surface area contributed by atoms with Crippen LogP contribution in [0.15, 0.2) is 84.0 Å². The molecular formula is C35H40N4O2. The summed E-state index contributed by atoms with van der Waals surface area (Å²) in [5.74, 6) is 0.679. The van der Waals surface area contributed by atoms with E-state index in [0.29, 0.717) is 24.7 Å². The number of benzene rings is 3. The lowest BCUT2D eigenvalue weighted by molar-refractivity contribution is -0.120. The summed E-state index contributed by atoms with van der Waals surface area (Å²) in [6.45, 7) is 1.37. The minimum atomic E-state index is -0.144. The third-order valence-corrected chi connectivity index (χ3v) is 8.76. The normalized spacial score (nSPS) is 19.6. The molecule has 0 aromatic heterocycles. The Kier molecular flexibility index (Phi) is 8.57. The second-order valence-corrected chi connectivity index (χ2v) is 11.6. The fraction of sp³-hybridized carbons (Fsp3) is 0.400. The van der Waals surface area contributed by atoms with Crippen LogP contribution in [0.25, 0.3) is 0 Å². The van der Waals surface area contributed by atoms with Crippen molar-refractivity contribution in [3.63, 3.8) is 0 Å². The fourth-order valence-electron chi connectivity index (χ4n) is 6.53. The molecule has 3 aromatic rings. The zero-order valence-electron chi connectivity index (χ0n) is 23.8. The van der Waals surface area contributed by atoms with E-state index in [4.69, 9.17) is 5.10 Å². The number of fused-ring (bicyclic) bond motifs is 1. The highest BCUT2D eigenvalue weighted by Crippen LogP contribution is 2.37. The number of Topliss-reactive ketones (excluding diaryl/α,β-unsaturated/α-hetero) is 1. The van der Waals surface area contributed by atoms with Crippen LogP contribution in [0.2, 0.25) is 0 Å². The number of urea groups is 1. The van der Waals surface area contributed by atoms with Gasteiger partial charge in [-0.25, -0.2) is 9.80 Å². The van der Waals surface area contributed by atoms with E-state index in [1.54, 1.807) is 5.01 Å². The molecule has 1 aliphatic carbocycles. The van der Waals surface area contributed by atoms with Gasteiger partial charge in [0.1, 0.15) is 5.78 Å². The lowest BCUT2D eigenvalue weighted by Gasteiger charge is -2.27. The van der Waals surface area contributed by atoms with Gasteiger partial charge in [-0.2, -0.15) is 5.10 Å². The van der Waals surface area contributed by atoms with Gasteiger partial charge < -0.3 is 5.32 Å². The van der Waals surface area contributed by atoms with Crippen molar-refractivity contribution in [3.05, 3.63) is 95.6 Å². The van der Waals surface area contributed by atoms with E-state index in [0.717, 1.165) is 73.3 Å². The zero-order chi connectivity index (χ0) is 28.0. The van der Waals surface area contributed by atoms with Gasteiger partial charge in [-0.1, -0.05) is 79.9 Å². The summed E-state index contributed by atoms with van der Waals surface area (Å²) in [5, 5.41) is 10.1. The Morgan fingerprint density at radius 3 is 2.34 bits per heavy atom. The first-order valence-corrected chi connectivity index (χ1v) is 15.4. The highest BCUT2D eigenvalue weighted by atomic mass is 16.2. The number of ketones is 1. The van der Waals surface area contributed by atoms with Crippen LogP contribution in [-0.2, 0) is 17.8 Å². The fourth-order valence-corrected chi connectivity index (χ4v) is 6.53. The van der Waals surface area contributed by atoms with Crippen LogP contribution in [0.3, 0.4) is 0 Å². The molecule has 1 N–H and O–H groups in total. The monoisotopic (exact) mass is 548 g/mol. The van der Waals surface area contributed by atoms with E-state index in [-0.39, 0.29) is 12.1 Å². The zero-order valence-corrected chi connectivity index (χ0v) is 23.8. The molecule has 6 heteroatoms. The maximum absolute atomic E-state index is 14.3. The average molecular weight is 549 g/mol. The maximum atomic E-state index is 14.3. The number of para-hydroxylation sites is 1. The number of nitrogens with zero attached hydrogens (tertiary/aromatic N) is 3. The minimum Gasteiger partial charge on any atom is -0.307 e. The van der Waals surface area contributed by atoms with Crippen molar-refractivity contribution in [1.29, 1.82) is 0 Å². The predicted molar refractivity (Wildman–Crippen MR) is 164 cm³/mol. The summed E-state index contributed by atoms with van der Waals surface area (Å²) >= 11 is 0. The van der Waals surface area contributed by atoms with Crippen LogP contribution in [0.1, 0.15) is 74.5 Å². The Morgan fingerprint density at radius 2 is 1.59 bits per heavy atom. The summed E-state index contributed by atoms with van der Waals surface area (Å²) in [4.78, 5) is 28.6. The predicted octanol–water partition coefficient (Wildman–Crippen LogP) is 7.39. The molecule has 0 radical (unpaired) electrons. The third kappa shape index (κ3) is 6.28.